The van der Waals surface area contributed by atoms with E-state index in [-0.39, 0.29) is 17.3 Å². The summed E-state index contributed by atoms with van der Waals surface area (Å²) in [6.45, 7) is 2.33. The number of sulfonamides is 1. The summed E-state index contributed by atoms with van der Waals surface area (Å²) in [6.07, 6.45) is 0. The Hall–Kier alpha value is -1.60. The number of carbonyl (C=O) groups is 1. The number of likely N-dealkylation sites (N-methyl/N-ethyl adjacent to an activating group) is 1. The largest absolute Gasteiger partial charge is 0.375 e. The summed E-state index contributed by atoms with van der Waals surface area (Å²) in [4.78, 5) is 11.2. The summed E-state index contributed by atoms with van der Waals surface area (Å²) >= 11 is 0. The summed E-state index contributed by atoms with van der Waals surface area (Å²) in [5.41, 5.74) is 0.321. The molecule has 0 unspecified atom stereocenters. The molecule has 7 heteroatoms. The number of nitrogens with one attached hydrogen (secondary N) is 2. The van der Waals surface area contributed by atoms with Crippen molar-refractivity contribution in [3.05, 3.63) is 24.3 Å². The van der Waals surface area contributed by atoms with Gasteiger partial charge in [-0.2, -0.15) is 0 Å². The summed E-state index contributed by atoms with van der Waals surface area (Å²) in [5, 5.41) is 10.4. The van der Waals surface area contributed by atoms with Crippen LogP contribution in [0, 0.1) is 0 Å². The van der Waals surface area contributed by atoms with E-state index in [1.54, 1.807) is 25.1 Å². The van der Waals surface area contributed by atoms with Gasteiger partial charge in [-0.3, -0.25) is 4.79 Å². The second kappa shape index (κ2) is 5.65. The van der Waals surface area contributed by atoms with E-state index < -0.39 is 10.0 Å². The maximum atomic E-state index is 11.3. The van der Waals surface area contributed by atoms with Gasteiger partial charge in [0.05, 0.1) is 12.2 Å². The van der Waals surface area contributed by atoms with Crippen LogP contribution >= 0.6 is 0 Å². The lowest BCUT2D eigenvalue weighted by molar-refractivity contribution is -0.119. The molecule has 1 amide bonds. The van der Waals surface area contributed by atoms with Crippen LogP contribution in [0.15, 0.2) is 29.2 Å². The number of hydrogen-bond acceptors (Lipinski definition) is 4. The molecule has 0 aliphatic rings. The maximum Gasteiger partial charge on any atom is 0.240 e. The Balaban J connectivity index is 2.82. The second-order valence-electron chi connectivity index (χ2n) is 3.35. The molecular weight excluding hydrogens is 242 g/mol. The van der Waals surface area contributed by atoms with Gasteiger partial charge in [0, 0.05) is 6.54 Å². The molecule has 0 aromatic heterocycles. The number of para-hydroxylation sites is 1. The predicted octanol–water partition coefficient (Wildman–Crippen LogP) is -0.118. The third kappa shape index (κ3) is 4.04. The van der Waals surface area contributed by atoms with Crippen molar-refractivity contribution in [1.29, 1.82) is 0 Å². The minimum atomic E-state index is -3.79. The van der Waals surface area contributed by atoms with E-state index in [0.717, 1.165) is 0 Å². The smallest absolute Gasteiger partial charge is 0.240 e. The van der Waals surface area contributed by atoms with Crippen molar-refractivity contribution in [2.75, 3.05) is 18.4 Å². The first-order chi connectivity index (χ1) is 7.95. The second-order valence-corrected chi connectivity index (χ2v) is 4.88. The molecule has 0 saturated carbocycles. The number of amides is 1. The van der Waals surface area contributed by atoms with E-state index in [4.69, 9.17) is 5.14 Å². The Morgan fingerprint density at radius 3 is 2.59 bits per heavy atom. The summed E-state index contributed by atoms with van der Waals surface area (Å²) in [7, 11) is -3.79. The van der Waals surface area contributed by atoms with Crippen molar-refractivity contribution in [3.63, 3.8) is 0 Å². The van der Waals surface area contributed by atoms with Crippen molar-refractivity contribution in [2.24, 2.45) is 5.14 Å². The van der Waals surface area contributed by atoms with Crippen LogP contribution in [0.5, 0.6) is 0 Å². The summed E-state index contributed by atoms with van der Waals surface area (Å²) < 4.78 is 22.5. The number of primary sulfonamides is 1. The Morgan fingerprint density at radius 1 is 1.35 bits per heavy atom. The van der Waals surface area contributed by atoms with Gasteiger partial charge in [0.15, 0.2) is 0 Å². The predicted molar refractivity (Wildman–Crippen MR) is 65.0 cm³/mol. The molecule has 0 aliphatic heterocycles. The minimum Gasteiger partial charge on any atom is -0.375 e. The number of hydrogen-bond donors (Lipinski definition) is 3. The molecule has 1 rings (SSSR count). The van der Waals surface area contributed by atoms with Gasteiger partial charge in [-0.05, 0) is 19.1 Å². The highest BCUT2D eigenvalue weighted by Crippen LogP contribution is 2.18. The molecule has 0 atom stereocenters. The third-order valence-corrected chi connectivity index (χ3v) is 2.98. The van der Waals surface area contributed by atoms with Crippen molar-refractivity contribution in [3.8, 4) is 0 Å². The monoisotopic (exact) mass is 257 g/mol. The first-order valence-corrected chi connectivity index (χ1v) is 6.62. The fourth-order valence-electron chi connectivity index (χ4n) is 1.30. The average molecular weight is 257 g/mol. The highest BCUT2D eigenvalue weighted by molar-refractivity contribution is 7.89. The van der Waals surface area contributed by atoms with Gasteiger partial charge in [0.1, 0.15) is 4.90 Å². The molecule has 1 aromatic rings. The van der Waals surface area contributed by atoms with Gasteiger partial charge in [-0.15, -0.1) is 0 Å². The lowest BCUT2D eigenvalue weighted by Gasteiger charge is -2.10. The fourth-order valence-corrected chi connectivity index (χ4v) is 2.01. The molecule has 0 aliphatic carbocycles. The fraction of sp³-hybridized carbons (Fsp3) is 0.300. The number of benzene rings is 1. The Kier molecular flexibility index (Phi) is 4.47. The normalized spacial score (nSPS) is 10.9. The van der Waals surface area contributed by atoms with E-state index >= 15 is 0 Å². The van der Waals surface area contributed by atoms with Gasteiger partial charge >= 0.3 is 0 Å². The molecule has 0 heterocycles. The van der Waals surface area contributed by atoms with E-state index in [9.17, 15) is 13.2 Å². The molecule has 6 nitrogen and oxygen atoms in total. The first kappa shape index (κ1) is 13.5. The van der Waals surface area contributed by atoms with Gasteiger partial charge in [-0.1, -0.05) is 12.1 Å². The van der Waals surface area contributed by atoms with Crippen LogP contribution in [-0.4, -0.2) is 27.4 Å². The van der Waals surface area contributed by atoms with Crippen LogP contribution in [0.4, 0.5) is 5.69 Å². The molecule has 0 bridgehead atoms. The van der Waals surface area contributed by atoms with E-state index in [0.29, 0.717) is 12.2 Å². The Labute approximate surface area is 100 Å². The highest BCUT2D eigenvalue weighted by atomic mass is 32.2. The Morgan fingerprint density at radius 2 is 2.00 bits per heavy atom. The zero-order valence-corrected chi connectivity index (χ0v) is 10.3. The third-order valence-electron chi connectivity index (χ3n) is 2.01. The van der Waals surface area contributed by atoms with E-state index in [2.05, 4.69) is 10.6 Å². The van der Waals surface area contributed by atoms with Crippen molar-refractivity contribution >= 4 is 21.6 Å². The highest BCUT2D eigenvalue weighted by Gasteiger charge is 2.13. The zero-order valence-electron chi connectivity index (χ0n) is 9.43. The molecule has 94 valence electrons. The van der Waals surface area contributed by atoms with E-state index in [1.165, 1.54) is 6.07 Å². The van der Waals surface area contributed by atoms with Crippen LogP contribution in [-0.2, 0) is 14.8 Å². The topological polar surface area (TPSA) is 101 Å². The summed E-state index contributed by atoms with van der Waals surface area (Å²) in [5.74, 6) is -0.211. The Bertz CT molecular complexity index is 499. The number of nitrogens with two attached hydrogens (primary N) is 1. The standard InChI is InChI=1S/C10H15N3O3S/c1-2-12-10(14)7-13-8-5-3-4-6-9(8)17(11,15)16/h3-6,13H,2,7H2,1H3,(H,12,14)(H2,11,15,16). The van der Waals surface area contributed by atoms with Crippen LogP contribution in [0.2, 0.25) is 0 Å². The lowest BCUT2D eigenvalue weighted by Crippen LogP contribution is -2.30. The summed E-state index contributed by atoms with van der Waals surface area (Å²) in [6, 6.07) is 6.17. The van der Waals surface area contributed by atoms with Gasteiger partial charge in [-0.25, -0.2) is 13.6 Å². The van der Waals surface area contributed by atoms with Crippen LogP contribution < -0.4 is 15.8 Å². The van der Waals surface area contributed by atoms with E-state index in [1.807, 2.05) is 0 Å². The molecule has 0 saturated heterocycles. The average Bonchev–Trinajstić information content (AvgIpc) is 2.26. The molecule has 17 heavy (non-hydrogen) atoms. The lowest BCUT2D eigenvalue weighted by atomic mass is 10.3. The quantitative estimate of drug-likeness (QED) is 0.684. The van der Waals surface area contributed by atoms with Crippen molar-refractivity contribution in [2.45, 2.75) is 11.8 Å². The molecular formula is C10H15N3O3S. The van der Waals surface area contributed by atoms with Crippen molar-refractivity contribution in [1.82, 2.24) is 5.32 Å². The minimum absolute atomic E-state index is 0.000370. The molecule has 1 aromatic carbocycles. The van der Waals surface area contributed by atoms with Crippen LogP contribution in [0.1, 0.15) is 6.92 Å². The molecule has 0 spiro atoms. The zero-order chi connectivity index (χ0) is 12.9. The van der Waals surface area contributed by atoms with Gasteiger partial charge in [0.2, 0.25) is 15.9 Å². The van der Waals surface area contributed by atoms with Crippen LogP contribution in [0.3, 0.4) is 0 Å². The number of rotatable bonds is 5. The molecule has 4 N–H and O–H groups in total. The number of anilines is 1. The molecule has 0 radical (unpaired) electrons. The molecule has 0 fully saturated rings. The number of carbonyl (C=O) groups excluding carboxylic acids is 1. The van der Waals surface area contributed by atoms with Gasteiger partial charge in [0.25, 0.3) is 0 Å². The first-order valence-electron chi connectivity index (χ1n) is 5.07. The maximum absolute atomic E-state index is 11.3. The van der Waals surface area contributed by atoms with Crippen molar-refractivity contribution < 1.29 is 13.2 Å². The van der Waals surface area contributed by atoms with Gasteiger partial charge < -0.3 is 10.6 Å². The SMILES string of the molecule is CCNC(=O)CNc1ccccc1S(N)(=O)=O. The van der Waals surface area contributed by atoms with Crippen LogP contribution in [0.25, 0.3) is 0 Å².